The minimum absolute atomic E-state index is 0.0387. The molecule has 2 aromatic rings. The van der Waals surface area contributed by atoms with Crippen molar-refractivity contribution in [2.45, 2.75) is 51.6 Å². The molecule has 2 atom stereocenters. The number of aryl methyl sites for hydroxylation is 1. The normalized spacial score (nSPS) is 23.0. The van der Waals surface area contributed by atoms with Gasteiger partial charge in [0.2, 0.25) is 5.91 Å². The third kappa shape index (κ3) is 3.12. The highest BCUT2D eigenvalue weighted by Gasteiger charge is 2.44. The maximum Gasteiger partial charge on any atom is 0.332 e. The molecular formula is C22H26N4O3. The van der Waals surface area contributed by atoms with E-state index in [0.717, 1.165) is 24.0 Å². The first-order valence-electron chi connectivity index (χ1n) is 10.6. The highest BCUT2D eigenvalue weighted by Crippen LogP contribution is 2.37. The summed E-state index contributed by atoms with van der Waals surface area (Å²) in [6.07, 6.45) is 3.78. The number of likely N-dealkylation sites (tertiary alicyclic amines) is 1. The molecule has 1 aromatic heterocycles. The summed E-state index contributed by atoms with van der Waals surface area (Å²) in [5, 5.41) is 4.60. The van der Waals surface area contributed by atoms with Gasteiger partial charge in [-0.2, -0.15) is 5.10 Å². The SMILES string of the molecule is Cc1ccccc1CC(=O)N1C[C@@H]2Cn3c(nn(CC4CCC4)c(=O)c3=O)[C@@H]2C1. The molecule has 1 saturated heterocycles. The predicted molar refractivity (Wildman–Crippen MR) is 108 cm³/mol. The number of carbonyl (C=O) groups is 1. The molecule has 0 bridgehead atoms. The molecule has 3 heterocycles. The van der Waals surface area contributed by atoms with Crippen molar-refractivity contribution in [1.82, 2.24) is 19.2 Å². The Morgan fingerprint density at radius 2 is 1.90 bits per heavy atom. The average molecular weight is 394 g/mol. The summed E-state index contributed by atoms with van der Waals surface area (Å²) in [6, 6.07) is 7.96. The van der Waals surface area contributed by atoms with Gasteiger partial charge in [0.05, 0.1) is 6.42 Å². The summed E-state index contributed by atoms with van der Waals surface area (Å²) in [4.78, 5) is 39.8. The van der Waals surface area contributed by atoms with E-state index in [1.54, 1.807) is 4.57 Å². The van der Waals surface area contributed by atoms with Gasteiger partial charge in [0.1, 0.15) is 5.82 Å². The molecule has 0 unspecified atom stereocenters. The minimum atomic E-state index is -0.506. The lowest BCUT2D eigenvalue weighted by Crippen LogP contribution is -2.45. The summed E-state index contributed by atoms with van der Waals surface area (Å²) < 4.78 is 2.94. The second kappa shape index (κ2) is 6.97. The lowest BCUT2D eigenvalue weighted by atomic mass is 9.85. The molecular weight excluding hydrogens is 368 g/mol. The first-order chi connectivity index (χ1) is 14.0. The molecule has 152 valence electrons. The zero-order valence-corrected chi connectivity index (χ0v) is 16.7. The second-order valence-electron chi connectivity index (χ2n) is 8.83. The van der Waals surface area contributed by atoms with Crippen LogP contribution in [0.5, 0.6) is 0 Å². The van der Waals surface area contributed by atoms with E-state index < -0.39 is 11.1 Å². The maximum absolute atomic E-state index is 12.9. The van der Waals surface area contributed by atoms with E-state index in [1.807, 2.05) is 36.1 Å². The fourth-order valence-corrected chi connectivity index (χ4v) is 4.92. The number of nitrogens with zero attached hydrogens (tertiary/aromatic N) is 4. The van der Waals surface area contributed by atoms with Gasteiger partial charge in [-0.1, -0.05) is 30.7 Å². The molecule has 1 aliphatic carbocycles. The van der Waals surface area contributed by atoms with Gasteiger partial charge in [-0.05, 0) is 36.8 Å². The van der Waals surface area contributed by atoms with Crippen LogP contribution < -0.4 is 11.1 Å². The van der Waals surface area contributed by atoms with E-state index >= 15 is 0 Å². The molecule has 0 spiro atoms. The van der Waals surface area contributed by atoms with Gasteiger partial charge in [0.25, 0.3) is 0 Å². The van der Waals surface area contributed by atoms with E-state index in [4.69, 9.17) is 0 Å². The minimum Gasteiger partial charge on any atom is -0.341 e. The Kier molecular flexibility index (Phi) is 4.41. The van der Waals surface area contributed by atoms with E-state index in [0.29, 0.717) is 44.3 Å². The zero-order valence-electron chi connectivity index (χ0n) is 16.7. The Morgan fingerprint density at radius 3 is 2.62 bits per heavy atom. The molecule has 0 radical (unpaired) electrons. The lowest BCUT2D eigenvalue weighted by Gasteiger charge is -2.25. The first kappa shape index (κ1) is 18.3. The summed E-state index contributed by atoms with van der Waals surface area (Å²) >= 11 is 0. The Labute approximate surface area is 169 Å². The molecule has 0 N–H and O–H groups in total. The quantitative estimate of drug-likeness (QED) is 0.733. The first-order valence-corrected chi connectivity index (χ1v) is 10.6. The van der Waals surface area contributed by atoms with E-state index in [9.17, 15) is 14.4 Å². The second-order valence-corrected chi connectivity index (χ2v) is 8.83. The maximum atomic E-state index is 12.9. The van der Waals surface area contributed by atoms with Crippen molar-refractivity contribution in [1.29, 1.82) is 0 Å². The van der Waals surface area contributed by atoms with Crippen LogP contribution in [0.25, 0.3) is 0 Å². The van der Waals surface area contributed by atoms with Gasteiger partial charge in [-0.15, -0.1) is 0 Å². The van der Waals surface area contributed by atoms with Crippen LogP contribution in [0.1, 0.15) is 42.1 Å². The van der Waals surface area contributed by atoms with Gasteiger partial charge in [0, 0.05) is 38.0 Å². The Balaban J connectivity index is 1.36. The zero-order chi connectivity index (χ0) is 20.1. The monoisotopic (exact) mass is 394 g/mol. The van der Waals surface area contributed by atoms with Gasteiger partial charge >= 0.3 is 11.1 Å². The van der Waals surface area contributed by atoms with E-state index in [-0.39, 0.29) is 17.7 Å². The van der Waals surface area contributed by atoms with Crippen molar-refractivity contribution < 1.29 is 4.79 Å². The van der Waals surface area contributed by atoms with Crippen LogP contribution in [0.2, 0.25) is 0 Å². The molecule has 29 heavy (non-hydrogen) atoms. The van der Waals surface area contributed by atoms with Crippen LogP contribution in [-0.2, 0) is 24.3 Å². The molecule has 1 aromatic carbocycles. The number of fused-ring (bicyclic) bond motifs is 3. The van der Waals surface area contributed by atoms with Crippen LogP contribution in [0.15, 0.2) is 33.9 Å². The molecule has 2 aliphatic heterocycles. The summed E-state index contributed by atoms with van der Waals surface area (Å²) in [5.41, 5.74) is 1.21. The van der Waals surface area contributed by atoms with Crippen molar-refractivity contribution in [3.05, 3.63) is 61.9 Å². The highest BCUT2D eigenvalue weighted by molar-refractivity contribution is 5.79. The Hall–Kier alpha value is -2.70. The average Bonchev–Trinajstić information content (AvgIpc) is 3.22. The number of aromatic nitrogens is 3. The number of carbonyl (C=O) groups excluding carboxylic acids is 1. The van der Waals surface area contributed by atoms with Gasteiger partial charge in [-0.3, -0.25) is 19.0 Å². The highest BCUT2D eigenvalue weighted by atomic mass is 16.2. The molecule has 1 saturated carbocycles. The van der Waals surface area contributed by atoms with Gasteiger partial charge in [0.15, 0.2) is 0 Å². The standard InChI is InChI=1S/C22H26N4O3/c1-14-5-2-3-8-16(14)9-19(27)24-11-17-12-25-20(18(17)13-24)23-26(22(29)21(25)28)10-15-6-4-7-15/h2-3,5,8,15,17-18H,4,6-7,9-13H2,1H3/t17-,18-/m1/s1. The number of hydrogen-bond acceptors (Lipinski definition) is 4. The van der Waals surface area contributed by atoms with Crippen LogP contribution in [0.3, 0.4) is 0 Å². The molecule has 7 heteroatoms. The third-order valence-electron chi connectivity index (χ3n) is 6.96. The summed E-state index contributed by atoms with van der Waals surface area (Å²) in [7, 11) is 0. The fraction of sp³-hybridized carbons (Fsp3) is 0.545. The summed E-state index contributed by atoms with van der Waals surface area (Å²) in [6.45, 7) is 4.24. The van der Waals surface area contributed by atoms with Crippen molar-refractivity contribution >= 4 is 5.91 Å². The fourth-order valence-electron chi connectivity index (χ4n) is 4.92. The van der Waals surface area contributed by atoms with Crippen molar-refractivity contribution in [2.24, 2.45) is 11.8 Å². The molecule has 7 nitrogen and oxygen atoms in total. The van der Waals surface area contributed by atoms with Gasteiger partial charge in [-0.25, -0.2) is 4.68 Å². The smallest absolute Gasteiger partial charge is 0.332 e. The molecule has 1 amide bonds. The molecule has 3 aliphatic rings. The Bertz CT molecular complexity index is 1080. The van der Waals surface area contributed by atoms with E-state index in [1.165, 1.54) is 11.1 Å². The van der Waals surface area contributed by atoms with E-state index in [2.05, 4.69) is 5.10 Å². The van der Waals surface area contributed by atoms with Crippen LogP contribution >= 0.6 is 0 Å². The largest absolute Gasteiger partial charge is 0.341 e. The third-order valence-corrected chi connectivity index (χ3v) is 6.96. The van der Waals surface area contributed by atoms with Crippen LogP contribution in [0, 0.1) is 18.8 Å². The number of hydrogen-bond donors (Lipinski definition) is 0. The van der Waals surface area contributed by atoms with Crippen LogP contribution in [0.4, 0.5) is 0 Å². The van der Waals surface area contributed by atoms with Crippen molar-refractivity contribution in [2.75, 3.05) is 13.1 Å². The molecule has 2 fully saturated rings. The number of benzene rings is 1. The van der Waals surface area contributed by atoms with Gasteiger partial charge < -0.3 is 4.90 Å². The number of amides is 1. The Morgan fingerprint density at radius 1 is 1.10 bits per heavy atom. The van der Waals surface area contributed by atoms with Crippen LogP contribution in [-0.4, -0.2) is 38.2 Å². The topological polar surface area (TPSA) is 77.2 Å². The lowest BCUT2D eigenvalue weighted by molar-refractivity contribution is -0.129. The van der Waals surface area contributed by atoms with Crippen molar-refractivity contribution in [3.63, 3.8) is 0 Å². The molecule has 5 rings (SSSR count). The number of rotatable bonds is 4. The van der Waals surface area contributed by atoms with Crippen molar-refractivity contribution in [3.8, 4) is 0 Å². The summed E-state index contributed by atoms with van der Waals surface area (Å²) in [5.74, 6) is 1.46. The predicted octanol–water partition coefficient (Wildman–Crippen LogP) is 1.31.